The van der Waals surface area contributed by atoms with Gasteiger partial charge in [0.25, 0.3) is 0 Å². The van der Waals surface area contributed by atoms with Gasteiger partial charge >= 0.3 is 0 Å². The lowest BCUT2D eigenvalue weighted by Crippen LogP contribution is -2.12. The Morgan fingerprint density at radius 3 is 2.53 bits per heavy atom. The zero-order valence-corrected chi connectivity index (χ0v) is 10.5. The maximum atomic E-state index is 9.09. The van der Waals surface area contributed by atoms with Gasteiger partial charge in [-0.1, -0.05) is 36.4 Å². The summed E-state index contributed by atoms with van der Waals surface area (Å²) in [6.45, 7) is 4.05. The van der Waals surface area contributed by atoms with Gasteiger partial charge in [0, 0.05) is 0 Å². The van der Waals surface area contributed by atoms with Crippen LogP contribution in [0.2, 0.25) is 0 Å². The number of allylic oxidation sites excluding steroid dienone is 3. The molecule has 1 rings (SSSR count). The third-order valence-corrected chi connectivity index (χ3v) is 2.19. The van der Waals surface area contributed by atoms with E-state index in [1.54, 1.807) is 6.92 Å². The standard InChI is InChI=1S/C15H20O2/c1-3-4-5-6-7-14-8-10-15(11-9-14)17-12-13(2)16/h3-4,6-11,13,16H,5,12H2,1-2H3. The molecule has 1 unspecified atom stereocenters. The number of aliphatic hydroxyl groups excluding tert-OH is 1. The number of benzene rings is 1. The van der Waals surface area contributed by atoms with Gasteiger partial charge < -0.3 is 9.84 Å². The van der Waals surface area contributed by atoms with E-state index in [1.807, 2.05) is 37.3 Å². The van der Waals surface area contributed by atoms with Crippen LogP contribution in [0, 0.1) is 0 Å². The summed E-state index contributed by atoms with van der Waals surface area (Å²) in [6.07, 6.45) is 8.87. The summed E-state index contributed by atoms with van der Waals surface area (Å²) in [7, 11) is 0. The first-order valence-electron chi connectivity index (χ1n) is 5.91. The van der Waals surface area contributed by atoms with Crippen LogP contribution in [0.5, 0.6) is 5.75 Å². The fourth-order valence-corrected chi connectivity index (χ4v) is 1.31. The van der Waals surface area contributed by atoms with Crippen LogP contribution in [0.1, 0.15) is 25.8 Å². The van der Waals surface area contributed by atoms with Crippen molar-refractivity contribution < 1.29 is 9.84 Å². The molecule has 0 aliphatic rings. The highest BCUT2D eigenvalue weighted by Crippen LogP contribution is 2.13. The molecule has 0 aromatic heterocycles. The molecule has 0 spiro atoms. The summed E-state index contributed by atoms with van der Waals surface area (Å²) in [6, 6.07) is 7.84. The Hall–Kier alpha value is -1.54. The molecule has 92 valence electrons. The summed E-state index contributed by atoms with van der Waals surface area (Å²) < 4.78 is 5.38. The van der Waals surface area contributed by atoms with Gasteiger partial charge in [-0.3, -0.25) is 0 Å². The topological polar surface area (TPSA) is 29.5 Å². The van der Waals surface area contributed by atoms with E-state index in [9.17, 15) is 0 Å². The second kappa shape index (κ2) is 7.69. The van der Waals surface area contributed by atoms with Crippen molar-refractivity contribution >= 4 is 6.08 Å². The molecule has 2 heteroatoms. The molecule has 1 aromatic carbocycles. The molecule has 0 bridgehead atoms. The van der Waals surface area contributed by atoms with E-state index in [-0.39, 0.29) is 0 Å². The molecule has 0 radical (unpaired) electrons. The van der Waals surface area contributed by atoms with Gasteiger partial charge in [0.15, 0.2) is 0 Å². The minimum absolute atomic E-state index is 0.330. The number of aliphatic hydroxyl groups is 1. The van der Waals surface area contributed by atoms with Crippen LogP contribution in [0.15, 0.2) is 42.5 Å². The average molecular weight is 232 g/mol. The van der Waals surface area contributed by atoms with Gasteiger partial charge in [-0.05, 0) is 38.0 Å². The molecule has 0 fully saturated rings. The van der Waals surface area contributed by atoms with Crippen molar-refractivity contribution in [3.63, 3.8) is 0 Å². The maximum Gasteiger partial charge on any atom is 0.119 e. The van der Waals surface area contributed by atoms with E-state index in [0.717, 1.165) is 17.7 Å². The van der Waals surface area contributed by atoms with Gasteiger partial charge in [-0.15, -0.1) is 0 Å². The third-order valence-electron chi connectivity index (χ3n) is 2.19. The van der Waals surface area contributed by atoms with Crippen molar-refractivity contribution in [3.05, 3.63) is 48.1 Å². The molecule has 0 aliphatic carbocycles. The van der Waals surface area contributed by atoms with E-state index in [2.05, 4.69) is 18.2 Å². The highest BCUT2D eigenvalue weighted by molar-refractivity contribution is 5.50. The van der Waals surface area contributed by atoms with Crippen LogP contribution in [0.3, 0.4) is 0 Å². The van der Waals surface area contributed by atoms with Gasteiger partial charge in [0.1, 0.15) is 12.4 Å². The number of rotatable bonds is 6. The second-order valence-corrected chi connectivity index (χ2v) is 3.94. The first-order chi connectivity index (χ1) is 8.22. The fourth-order valence-electron chi connectivity index (χ4n) is 1.31. The van der Waals surface area contributed by atoms with Crippen LogP contribution in [0.4, 0.5) is 0 Å². The van der Waals surface area contributed by atoms with Crippen LogP contribution < -0.4 is 4.74 Å². The first-order valence-corrected chi connectivity index (χ1v) is 5.91. The summed E-state index contributed by atoms with van der Waals surface area (Å²) in [5.41, 5.74) is 1.15. The molecular formula is C15H20O2. The Balaban J connectivity index is 2.47. The fraction of sp³-hybridized carbons (Fsp3) is 0.333. The molecule has 17 heavy (non-hydrogen) atoms. The molecule has 0 saturated carbocycles. The Morgan fingerprint density at radius 2 is 1.94 bits per heavy atom. The van der Waals surface area contributed by atoms with E-state index in [4.69, 9.17) is 9.84 Å². The van der Waals surface area contributed by atoms with Crippen molar-refractivity contribution in [3.8, 4) is 5.75 Å². The highest BCUT2D eigenvalue weighted by atomic mass is 16.5. The predicted octanol–water partition coefficient (Wildman–Crippen LogP) is 3.43. The lowest BCUT2D eigenvalue weighted by molar-refractivity contribution is 0.123. The third kappa shape index (κ3) is 5.93. The summed E-state index contributed by atoms with van der Waals surface area (Å²) in [5, 5.41) is 9.09. The van der Waals surface area contributed by atoms with Crippen LogP contribution in [-0.2, 0) is 0 Å². The molecule has 0 saturated heterocycles. The summed E-state index contributed by atoms with van der Waals surface area (Å²) >= 11 is 0. The zero-order chi connectivity index (χ0) is 12.5. The average Bonchev–Trinajstić information content (AvgIpc) is 2.33. The molecule has 0 heterocycles. The quantitative estimate of drug-likeness (QED) is 0.761. The molecule has 0 aliphatic heterocycles. The smallest absolute Gasteiger partial charge is 0.119 e. The monoisotopic (exact) mass is 232 g/mol. The van der Waals surface area contributed by atoms with Crippen molar-refractivity contribution in [1.29, 1.82) is 0 Å². The molecule has 1 aromatic rings. The van der Waals surface area contributed by atoms with Gasteiger partial charge in [-0.25, -0.2) is 0 Å². The first kappa shape index (κ1) is 13.5. The van der Waals surface area contributed by atoms with E-state index in [1.165, 1.54) is 0 Å². The summed E-state index contributed by atoms with van der Waals surface area (Å²) in [4.78, 5) is 0. The van der Waals surface area contributed by atoms with E-state index < -0.39 is 6.10 Å². The SMILES string of the molecule is CC=CCC=Cc1ccc(OCC(C)O)cc1. The molecule has 1 N–H and O–H groups in total. The Kier molecular flexibility index (Phi) is 6.12. The van der Waals surface area contributed by atoms with Crippen LogP contribution in [0.25, 0.3) is 6.08 Å². The van der Waals surface area contributed by atoms with E-state index in [0.29, 0.717) is 6.61 Å². The minimum Gasteiger partial charge on any atom is -0.491 e. The molecular weight excluding hydrogens is 212 g/mol. The molecule has 1 atom stereocenters. The van der Waals surface area contributed by atoms with Gasteiger partial charge in [-0.2, -0.15) is 0 Å². The van der Waals surface area contributed by atoms with Crippen molar-refractivity contribution in [1.82, 2.24) is 0 Å². The van der Waals surface area contributed by atoms with E-state index >= 15 is 0 Å². The van der Waals surface area contributed by atoms with Gasteiger partial charge in [0.2, 0.25) is 0 Å². The Morgan fingerprint density at radius 1 is 1.24 bits per heavy atom. The zero-order valence-electron chi connectivity index (χ0n) is 10.5. The van der Waals surface area contributed by atoms with Crippen molar-refractivity contribution in [2.75, 3.05) is 6.61 Å². The van der Waals surface area contributed by atoms with Crippen molar-refractivity contribution in [2.45, 2.75) is 26.4 Å². The number of ether oxygens (including phenoxy) is 1. The minimum atomic E-state index is -0.435. The van der Waals surface area contributed by atoms with Gasteiger partial charge in [0.05, 0.1) is 6.10 Å². The predicted molar refractivity (Wildman–Crippen MR) is 72.1 cm³/mol. The second-order valence-electron chi connectivity index (χ2n) is 3.94. The number of hydrogen-bond acceptors (Lipinski definition) is 2. The maximum absolute atomic E-state index is 9.09. The molecule has 0 amide bonds. The highest BCUT2D eigenvalue weighted by Gasteiger charge is 1.97. The Bertz CT molecular complexity index is 361. The Labute approximate surface area is 103 Å². The largest absolute Gasteiger partial charge is 0.491 e. The van der Waals surface area contributed by atoms with Crippen molar-refractivity contribution in [2.24, 2.45) is 0 Å². The van der Waals surface area contributed by atoms with Crippen LogP contribution >= 0.6 is 0 Å². The lowest BCUT2D eigenvalue weighted by Gasteiger charge is -2.07. The number of hydrogen-bond donors (Lipinski definition) is 1. The molecule has 2 nitrogen and oxygen atoms in total. The van der Waals surface area contributed by atoms with Crippen LogP contribution in [-0.4, -0.2) is 17.8 Å². The lowest BCUT2D eigenvalue weighted by atomic mass is 10.2. The summed E-state index contributed by atoms with van der Waals surface area (Å²) in [5.74, 6) is 0.788. The normalized spacial score (nSPS) is 13.4.